The molecule has 64 valence electrons. The molecule has 1 atom stereocenters. The Balaban J connectivity index is 3.08. The zero-order valence-corrected chi connectivity index (χ0v) is 9.12. The van der Waals surface area contributed by atoms with Crippen LogP contribution in [0.25, 0.3) is 0 Å². The highest BCUT2D eigenvalue weighted by molar-refractivity contribution is 7.27. The molecule has 0 N–H and O–H groups in total. The molecule has 0 aliphatic rings. The molecule has 1 nitrogen and oxygen atoms in total. The Hall–Kier alpha value is -0.355. The lowest BCUT2D eigenvalue weighted by atomic mass is 9.73. The van der Waals surface area contributed by atoms with E-state index in [1.807, 2.05) is 6.20 Å². The van der Waals surface area contributed by atoms with Gasteiger partial charge in [0.15, 0.2) is 7.28 Å². The highest BCUT2D eigenvalue weighted by atomic mass is 31.0. The maximum atomic E-state index is 4.33. The van der Waals surface area contributed by atoms with Crippen LogP contribution in [-0.2, 0) is 0 Å². The van der Waals surface area contributed by atoms with Gasteiger partial charge in [-0.25, -0.2) is 0 Å². The lowest BCUT2D eigenvalue weighted by molar-refractivity contribution is 0.870. The van der Waals surface area contributed by atoms with Gasteiger partial charge in [-0.3, -0.25) is 4.98 Å². The number of nitrogens with zero attached hydrogens (tertiary/aromatic N) is 1. The van der Waals surface area contributed by atoms with Gasteiger partial charge in [-0.2, -0.15) is 0 Å². The van der Waals surface area contributed by atoms with Crippen molar-refractivity contribution < 1.29 is 0 Å². The fourth-order valence-electron chi connectivity index (χ4n) is 1.19. The van der Waals surface area contributed by atoms with Crippen molar-refractivity contribution in [1.82, 2.24) is 4.98 Å². The molecular weight excluding hydrogens is 164 g/mol. The van der Waals surface area contributed by atoms with Crippen LogP contribution in [0, 0.1) is 0 Å². The predicted molar refractivity (Wildman–Crippen MR) is 60.3 cm³/mol. The molecule has 1 aromatic rings. The van der Waals surface area contributed by atoms with Crippen molar-refractivity contribution in [2.75, 3.05) is 0 Å². The Morgan fingerprint density at radius 1 is 1.50 bits per heavy atom. The number of aromatic nitrogens is 1. The lowest BCUT2D eigenvalue weighted by Crippen LogP contribution is -2.19. The van der Waals surface area contributed by atoms with E-state index >= 15 is 0 Å². The Morgan fingerprint density at radius 3 is 2.67 bits per heavy atom. The van der Waals surface area contributed by atoms with Crippen molar-refractivity contribution in [3.05, 3.63) is 17.8 Å². The first kappa shape index (κ1) is 9.73. The van der Waals surface area contributed by atoms with E-state index in [4.69, 9.17) is 0 Å². The third-order valence-electron chi connectivity index (χ3n) is 2.04. The molecule has 3 heteroatoms. The number of rotatable bonds is 2. The standard InChI is InChI=1S/C9H15BNP/c1-6(2)8-4-7(10-3)5-11-9(8)12/h4-6,10H,12H2,1-3H3. The van der Waals surface area contributed by atoms with E-state index in [0.717, 1.165) is 12.7 Å². The van der Waals surface area contributed by atoms with E-state index in [9.17, 15) is 0 Å². The van der Waals surface area contributed by atoms with E-state index < -0.39 is 0 Å². The average molecular weight is 179 g/mol. The van der Waals surface area contributed by atoms with Crippen LogP contribution < -0.4 is 10.9 Å². The molecule has 0 saturated heterocycles. The van der Waals surface area contributed by atoms with Crippen LogP contribution in [0.3, 0.4) is 0 Å². The maximum Gasteiger partial charge on any atom is 0.156 e. The number of hydrogen-bond donors (Lipinski definition) is 0. The lowest BCUT2D eigenvalue weighted by Gasteiger charge is -2.09. The minimum absolute atomic E-state index is 0.566. The maximum absolute atomic E-state index is 4.33. The first-order valence-electron chi connectivity index (χ1n) is 4.39. The third-order valence-corrected chi connectivity index (χ3v) is 2.52. The summed E-state index contributed by atoms with van der Waals surface area (Å²) in [7, 11) is 3.75. The minimum Gasteiger partial charge on any atom is -0.257 e. The second-order valence-corrected chi connectivity index (χ2v) is 3.87. The highest BCUT2D eigenvalue weighted by Crippen LogP contribution is 2.10. The van der Waals surface area contributed by atoms with E-state index in [1.54, 1.807) is 0 Å². The molecule has 0 fully saturated rings. The number of hydrogen-bond acceptors (Lipinski definition) is 1. The van der Waals surface area contributed by atoms with Gasteiger partial charge in [0, 0.05) is 6.20 Å². The summed E-state index contributed by atoms with van der Waals surface area (Å²) in [4.78, 5) is 4.33. The Morgan fingerprint density at radius 2 is 2.17 bits per heavy atom. The summed E-state index contributed by atoms with van der Waals surface area (Å²) in [5.74, 6) is 0.566. The summed E-state index contributed by atoms with van der Waals surface area (Å²) in [6.07, 6.45) is 1.95. The molecule has 0 saturated carbocycles. The first-order chi connectivity index (χ1) is 5.65. The van der Waals surface area contributed by atoms with Gasteiger partial charge in [0.05, 0.1) is 5.44 Å². The summed E-state index contributed by atoms with van der Waals surface area (Å²) >= 11 is 0. The van der Waals surface area contributed by atoms with Gasteiger partial charge < -0.3 is 0 Å². The monoisotopic (exact) mass is 179 g/mol. The molecule has 12 heavy (non-hydrogen) atoms. The predicted octanol–water partition coefficient (Wildman–Crippen LogP) is 0.815. The van der Waals surface area contributed by atoms with Gasteiger partial charge in [-0.1, -0.05) is 41.4 Å². The third kappa shape index (κ3) is 2.07. The van der Waals surface area contributed by atoms with Crippen LogP contribution in [0.1, 0.15) is 25.3 Å². The van der Waals surface area contributed by atoms with Crippen LogP contribution in [0.5, 0.6) is 0 Å². The smallest absolute Gasteiger partial charge is 0.156 e. The summed E-state index contributed by atoms with van der Waals surface area (Å²) < 4.78 is 0. The molecule has 1 rings (SSSR count). The molecule has 0 aliphatic carbocycles. The van der Waals surface area contributed by atoms with Crippen LogP contribution in [0.4, 0.5) is 0 Å². The van der Waals surface area contributed by atoms with Crippen LogP contribution in [0.2, 0.25) is 6.82 Å². The van der Waals surface area contributed by atoms with Gasteiger partial charge >= 0.3 is 0 Å². The van der Waals surface area contributed by atoms with Crippen molar-refractivity contribution in [3.8, 4) is 0 Å². The summed E-state index contributed by atoms with van der Waals surface area (Å²) in [5, 5.41) is 0. The van der Waals surface area contributed by atoms with E-state index in [-0.39, 0.29) is 0 Å². The molecule has 1 heterocycles. The van der Waals surface area contributed by atoms with Crippen LogP contribution in [-0.4, -0.2) is 12.3 Å². The summed E-state index contributed by atoms with van der Waals surface area (Å²) in [5.41, 5.74) is 3.76. The summed E-state index contributed by atoms with van der Waals surface area (Å²) in [6.45, 7) is 6.55. The van der Waals surface area contributed by atoms with E-state index in [0.29, 0.717) is 5.92 Å². The van der Waals surface area contributed by atoms with Crippen molar-refractivity contribution in [2.24, 2.45) is 0 Å². The second-order valence-electron chi connectivity index (χ2n) is 3.33. The highest BCUT2D eigenvalue weighted by Gasteiger charge is 2.04. The van der Waals surface area contributed by atoms with Gasteiger partial charge in [0.25, 0.3) is 0 Å². The zero-order chi connectivity index (χ0) is 9.14. The molecule has 0 aliphatic heterocycles. The Bertz CT molecular complexity index is 273. The van der Waals surface area contributed by atoms with Crippen LogP contribution in [0.15, 0.2) is 12.3 Å². The quantitative estimate of drug-likeness (QED) is 0.483. The Labute approximate surface area is 77.4 Å². The fraction of sp³-hybridized carbons (Fsp3) is 0.444. The summed E-state index contributed by atoms with van der Waals surface area (Å²) in [6, 6.07) is 2.25. The second kappa shape index (κ2) is 4.05. The molecule has 1 aromatic heterocycles. The van der Waals surface area contributed by atoms with Crippen molar-refractivity contribution >= 4 is 27.4 Å². The zero-order valence-electron chi connectivity index (χ0n) is 7.96. The first-order valence-corrected chi connectivity index (χ1v) is 4.97. The fourth-order valence-corrected chi connectivity index (χ4v) is 1.68. The van der Waals surface area contributed by atoms with Crippen molar-refractivity contribution in [2.45, 2.75) is 26.6 Å². The molecule has 0 amide bonds. The number of pyridine rings is 1. The molecule has 0 aromatic carbocycles. The molecule has 1 unspecified atom stereocenters. The minimum atomic E-state index is 0.566. The van der Waals surface area contributed by atoms with Crippen LogP contribution >= 0.6 is 9.24 Å². The Kier molecular flexibility index (Phi) is 3.28. The largest absolute Gasteiger partial charge is 0.257 e. The van der Waals surface area contributed by atoms with Gasteiger partial charge in [-0.05, 0) is 11.5 Å². The molecular formula is C9H15BNP. The van der Waals surface area contributed by atoms with Crippen molar-refractivity contribution in [3.63, 3.8) is 0 Å². The van der Waals surface area contributed by atoms with E-state index in [1.165, 1.54) is 11.0 Å². The van der Waals surface area contributed by atoms with Gasteiger partial charge in [-0.15, -0.1) is 0 Å². The average Bonchev–Trinajstić information content (AvgIpc) is 2.05. The SMILES string of the molecule is CBc1cnc(P)c(C(C)C)c1. The normalized spacial score (nSPS) is 10.4. The van der Waals surface area contributed by atoms with Crippen molar-refractivity contribution in [1.29, 1.82) is 0 Å². The molecule has 0 bridgehead atoms. The molecule has 0 spiro atoms. The van der Waals surface area contributed by atoms with Gasteiger partial charge in [0.2, 0.25) is 0 Å². The van der Waals surface area contributed by atoms with Gasteiger partial charge in [0.1, 0.15) is 0 Å². The van der Waals surface area contributed by atoms with E-state index in [2.05, 4.69) is 41.0 Å². The molecule has 0 radical (unpaired) electrons. The topological polar surface area (TPSA) is 12.9 Å².